The standard InChI is InChI=1S/C14H16ClF3N6/c1-7(2)19-12-22-11(9-5-4-6-10(15)21-9)23-13(24-12)20-8(3)14(16,17)18/h4-8H,1-3H3,(H2,19,20,22,23,24)/t8-/m1/s1/i1D3,4D,5D,6D,7D,8D/t7-,8-. The summed E-state index contributed by atoms with van der Waals surface area (Å²) in [5.41, 5.74) is -0.510. The van der Waals surface area contributed by atoms with Crippen molar-refractivity contribution < 1.29 is 24.1 Å². The number of nitrogens with zero attached hydrogens (tertiary/aromatic N) is 4. The third-order valence-electron chi connectivity index (χ3n) is 2.43. The summed E-state index contributed by atoms with van der Waals surface area (Å²) < 4.78 is 100. The molecule has 0 aromatic carbocycles. The highest BCUT2D eigenvalue weighted by Gasteiger charge is 2.36. The van der Waals surface area contributed by atoms with E-state index in [9.17, 15) is 13.2 Å². The lowest BCUT2D eigenvalue weighted by atomic mass is 10.3. The van der Waals surface area contributed by atoms with Gasteiger partial charge >= 0.3 is 6.18 Å². The van der Waals surface area contributed by atoms with Gasteiger partial charge in [-0.1, -0.05) is 17.6 Å². The zero-order valence-electron chi connectivity index (χ0n) is 20.3. The number of hydrogen-bond acceptors (Lipinski definition) is 6. The molecule has 2 aromatic heterocycles. The molecule has 130 valence electrons. The van der Waals surface area contributed by atoms with Crippen molar-refractivity contribution in [1.82, 2.24) is 19.9 Å². The fraction of sp³-hybridized carbons (Fsp3) is 0.429. The lowest BCUT2D eigenvalue weighted by Gasteiger charge is -2.18. The molecule has 10 heteroatoms. The number of pyridine rings is 1. The first kappa shape index (κ1) is 9.97. The summed E-state index contributed by atoms with van der Waals surface area (Å²) in [6, 6.07) is -7.60. The molecule has 0 fully saturated rings. The Morgan fingerprint density at radius 3 is 2.46 bits per heavy atom. The number of nitrogens with one attached hydrogen (secondary N) is 2. The number of alkyl halides is 3. The number of aromatic nitrogens is 4. The highest BCUT2D eigenvalue weighted by atomic mass is 35.5. The Balaban J connectivity index is 2.70. The van der Waals surface area contributed by atoms with E-state index in [1.54, 1.807) is 5.32 Å². The molecule has 0 amide bonds. The summed E-state index contributed by atoms with van der Waals surface area (Å²) in [6.07, 6.45) is -5.07. The minimum atomic E-state index is -5.07. The van der Waals surface area contributed by atoms with E-state index in [-0.39, 0.29) is 0 Å². The molecule has 0 bridgehead atoms. The van der Waals surface area contributed by atoms with Crippen molar-refractivity contribution in [2.75, 3.05) is 10.6 Å². The van der Waals surface area contributed by atoms with Crippen LogP contribution >= 0.6 is 11.6 Å². The van der Waals surface area contributed by atoms with Gasteiger partial charge in [0.1, 0.15) is 16.9 Å². The van der Waals surface area contributed by atoms with Crippen LogP contribution < -0.4 is 10.6 Å². The highest BCUT2D eigenvalue weighted by Crippen LogP contribution is 2.24. The zero-order valence-corrected chi connectivity index (χ0v) is 13.1. The van der Waals surface area contributed by atoms with Crippen LogP contribution in [0.4, 0.5) is 25.1 Å². The molecular formula is C14H16ClF3N6. The third-order valence-corrected chi connectivity index (χ3v) is 2.61. The molecule has 0 aliphatic rings. The fourth-order valence-electron chi connectivity index (χ4n) is 1.40. The topological polar surface area (TPSA) is 75.6 Å². The summed E-state index contributed by atoms with van der Waals surface area (Å²) in [6.45, 7) is -1.49. The quantitative estimate of drug-likeness (QED) is 0.782. The molecule has 0 aliphatic carbocycles. The lowest BCUT2D eigenvalue weighted by molar-refractivity contribution is -0.138. The summed E-state index contributed by atoms with van der Waals surface area (Å²) in [5.74, 6) is -2.14. The maximum atomic E-state index is 13.1. The Labute approximate surface area is 153 Å². The predicted octanol–water partition coefficient (Wildman–Crippen LogP) is 3.77. The molecule has 2 rings (SSSR count). The monoisotopic (exact) mass is 368 g/mol. The van der Waals surface area contributed by atoms with Crippen LogP contribution in [0.1, 0.15) is 31.7 Å². The smallest absolute Gasteiger partial charge is 0.352 e. The maximum absolute atomic E-state index is 13.1. The van der Waals surface area contributed by atoms with Crippen molar-refractivity contribution >= 4 is 23.5 Å². The minimum Gasteiger partial charge on any atom is -0.352 e. The number of rotatable bonds is 5. The molecule has 2 atom stereocenters. The Kier molecular flexibility index (Phi) is 2.98. The van der Waals surface area contributed by atoms with Crippen LogP contribution in [-0.4, -0.2) is 38.1 Å². The second-order valence-corrected chi connectivity index (χ2v) is 4.79. The van der Waals surface area contributed by atoms with Gasteiger partial charge in [0.25, 0.3) is 0 Å². The molecule has 0 unspecified atom stereocenters. The summed E-state index contributed by atoms with van der Waals surface area (Å²) in [7, 11) is 0. The van der Waals surface area contributed by atoms with Gasteiger partial charge < -0.3 is 10.6 Å². The molecule has 0 radical (unpaired) electrons. The Morgan fingerprint density at radius 1 is 1.17 bits per heavy atom. The molecule has 0 saturated carbocycles. The van der Waals surface area contributed by atoms with E-state index < -0.39 is 71.8 Å². The first-order chi connectivity index (χ1) is 14.3. The lowest BCUT2D eigenvalue weighted by Crippen LogP contribution is -2.34. The van der Waals surface area contributed by atoms with Crippen molar-refractivity contribution in [3.63, 3.8) is 0 Å². The van der Waals surface area contributed by atoms with E-state index in [1.165, 1.54) is 0 Å². The average Bonchev–Trinajstić information content (AvgIpc) is 2.60. The van der Waals surface area contributed by atoms with Crippen LogP contribution in [-0.2, 0) is 0 Å². The second-order valence-electron chi connectivity index (χ2n) is 4.43. The second kappa shape index (κ2) is 7.16. The maximum Gasteiger partial charge on any atom is 0.408 e. The molecule has 0 spiro atoms. The van der Waals surface area contributed by atoms with Gasteiger partial charge in [0, 0.05) is 10.1 Å². The SMILES string of the molecule is [2H]c1c(Cl)nc(-c2nc(N[C@]([2H])(C)C(F)(F)F)nc(N[C@@]([2H])(C)C([2H])([2H])[2H])n2)c([2H])c1[2H]. The Hall–Kier alpha value is -2.16. The third kappa shape index (κ3) is 4.92. The predicted molar refractivity (Wildman–Crippen MR) is 86.0 cm³/mol. The van der Waals surface area contributed by atoms with Crippen LogP contribution in [0.3, 0.4) is 0 Å². The van der Waals surface area contributed by atoms with E-state index in [0.717, 1.165) is 6.92 Å². The van der Waals surface area contributed by atoms with Crippen molar-refractivity contribution in [3.05, 3.63) is 23.3 Å². The highest BCUT2D eigenvalue weighted by molar-refractivity contribution is 6.29. The average molecular weight is 369 g/mol. The molecule has 6 nitrogen and oxygen atoms in total. The molecular weight excluding hydrogens is 345 g/mol. The van der Waals surface area contributed by atoms with Gasteiger partial charge in [-0.2, -0.15) is 28.1 Å². The Morgan fingerprint density at radius 2 is 1.83 bits per heavy atom. The van der Waals surface area contributed by atoms with Gasteiger partial charge in [0.05, 0.1) is 6.85 Å². The van der Waals surface area contributed by atoms with E-state index >= 15 is 0 Å². The van der Waals surface area contributed by atoms with Crippen LogP contribution in [0.5, 0.6) is 0 Å². The van der Waals surface area contributed by atoms with Crippen molar-refractivity contribution in [3.8, 4) is 11.5 Å². The van der Waals surface area contributed by atoms with Gasteiger partial charge in [-0.25, -0.2) is 4.98 Å². The summed E-state index contributed by atoms with van der Waals surface area (Å²) in [4.78, 5) is 14.8. The number of hydrogen-bond donors (Lipinski definition) is 2. The van der Waals surface area contributed by atoms with E-state index in [1.807, 2.05) is 0 Å². The summed E-state index contributed by atoms with van der Waals surface area (Å²) in [5, 5.41) is 3.36. The van der Waals surface area contributed by atoms with Gasteiger partial charge in [-0.3, -0.25) is 0 Å². The van der Waals surface area contributed by atoms with Crippen LogP contribution in [0.2, 0.25) is 5.15 Å². The van der Waals surface area contributed by atoms with Crippen molar-refractivity contribution in [1.29, 1.82) is 0 Å². The fourth-order valence-corrected chi connectivity index (χ4v) is 1.53. The Bertz CT molecular complexity index is 985. The molecule has 24 heavy (non-hydrogen) atoms. The molecule has 2 aromatic rings. The van der Waals surface area contributed by atoms with Gasteiger partial charge in [-0.05, 0) is 32.8 Å². The van der Waals surface area contributed by atoms with Gasteiger partial charge in [-0.15, -0.1) is 0 Å². The molecule has 2 heterocycles. The van der Waals surface area contributed by atoms with Crippen LogP contribution in [0.25, 0.3) is 11.5 Å². The van der Waals surface area contributed by atoms with Gasteiger partial charge in [0.2, 0.25) is 11.9 Å². The molecule has 0 saturated heterocycles. The molecule has 2 N–H and O–H groups in total. The number of halogens is 4. The minimum absolute atomic E-state index is 0.475. The number of anilines is 2. The van der Waals surface area contributed by atoms with Crippen LogP contribution in [0, 0.1) is 0 Å². The first-order valence-corrected chi connectivity index (χ1v) is 6.67. The zero-order chi connectivity index (χ0) is 24.9. The van der Waals surface area contributed by atoms with Crippen LogP contribution in [0.15, 0.2) is 18.1 Å². The van der Waals surface area contributed by atoms with Crippen molar-refractivity contribution in [2.45, 2.75) is 38.9 Å². The van der Waals surface area contributed by atoms with Gasteiger partial charge in [0.15, 0.2) is 5.82 Å². The van der Waals surface area contributed by atoms with E-state index in [2.05, 4.69) is 25.3 Å². The summed E-state index contributed by atoms with van der Waals surface area (Å²) >= 11 is 5.77. The van der Waals surface area contributed by atoms with E-state index in [4.69, 9.17) is 22.6 Å². The molecule has 0 aliphatic heterocycles. The first-order valence-electron chi connectivity index (χ1n) is 10.3. The van der Waals surface area contributed by atoms with E-state index in [0.29, 0.717) is 6.92 Å². The largest absolute Gasteiger partial charge is 0.408 e. The van der Waals surface area contributed by atoms with Crippen molar-refractivity contribution in [2.24, 2.45) is 0 Å². The normalized spacial score (nSPS) is 22.1.